The first-order chi connectivity index (χ1) is 18.8. The number of rotatable bonds is 12. The number of likely N-dealkylation sites (tertiary alicyclic amines) is 1. The Bertz CT molecular complexity index is 1300. The number of thiophene rings is 1. The van der Waals surface area contributed by atoms with Crippen molar-refractivity contribution in [1.29, 1.82) is 0 Å². The summed E-state index contributed by atoms with van der Waals surface area (Å²) in [7, 11) is 0. The van der Waals surface area contributed by atoms with E-state index in [0.29, 0.717) is 37.4 Å². The van der Waals surface area contributed by atoms with Gasteiger partial charge in [-0.25, -0.2) is 9.78 Å². The predicted molar refractivity (Wildman–Crippen MR) is 154 cm³/mol. The number of aromatic nitrogens is 2. The zero-order valence-corrected chi connectivity index (χ0v) is 24.2. The molecule has 1 fully saturated rings. The molecule has 0 saturated carbocycles. The molecule has 1 aromatic carbocycles. The van der Waals surface area contributed by atoms with Gasteiger partial charge in [0.25, 0.3) is 5.91 Å². The quantitative estimate of drug-likeness (QED) is 0.302. The fourth-order valence-electron chi connectivity index (χ4n) is 5.56. The van der Waals surface area contributed by atoms with Crippen molar-refractivity contribution in [3.63, 3.8) is 0 Å². The van der Waals surface area contributed by atoms with Crippen molar-refractivity contribution in [1.82, 2.24) is 19.8 Å². The number of fused-ring (bicyclic) bond motifs is 1. The zero-order valence-electron chi connectivity index (χ0n) is 23.4. The number of benzene rings is 1. The number of carbonyl (C=O) groups excluding carboxylic acids is 2. The number of carboxylic acids is 1. The topological polar surface area (TPSA) is 105 Å². The molecule has 1 aliphatic heterocycles. The molecule has 0 aliphatic carbocycles. The van der Waals surface area contributed by atoms with Crippen molar-refractivity contribution in [3.8, 4) is 0 Å². The van der Waals surface area contributed by atoms with Gasteiger partial charge < -0.3 is 19.9 Å². The number of carbonyl (C=O) groups is 3. The van der Waals surface area contributed by atoms with E-state index in [0.717, 1.165) is 42.5 Å². The summed E-state index contributed by atoms with van der Waals surface area (Å²) in [6.07, 6.45) is 5.10. The van der Waals surface area contributed by atoms with Crippen molar-refractivity contribution >= 4 is 40.2 Å². The SMILES string of the molecule is CCC(C)CC(NC(=O)c1ccc2c(c1)nc(Cc1cccs1)n2C(CC)CC)C(=O)N1CCCC1C(=O)O. The normalized spacial score (nSPS) is 17.1. The molecule has 8 nitrogen and oxygen atoms in total. The van der Waals surface area contributed by atoms with Gasteiger partial charge >= 0.3 is 5.97 Å². The van der Waals surface area contributed by atoms with Gasteiger partial charge in [-0.15, -0.1) is 11.3 Å². The summed E-state index contributed by atoms with van der Waals surface area (Å²) in [5, 5.41) is 14.6. The number of hydrogen-bond donors (Lipinski definition) is 2. The number of carboxylic acid groups (broad SMARTS) is 1. The highest BCUT2D eigenvalue weighted by Gasteiger charge is 2.38. The van der Waals surface area contributed by atoms with E-state index in [2.05, 4.69) is 35.2 Å². The largest absolute Gasteiger partial charge is 0.480 e. The van der Waals surface area contributed by atoms with E-state index in [9.17, 15) is 19.5 Å². The van der Waals surface area contributed by atoms with Gasteiger partial charge in [0, 0.05) is 29.4 Å². The molecule has 0 bridgehead atoms. The van der Waals surface area contributed by atoms with Crippen LogP contribution in [0.2, 0.25) is 0 Å². The Labute approximate surface area is 234 Å². The fraction of sp³-hybridized carbons (Fsp3) is 0.533. The van der Waals surface area contributed by atoms with Crippen molar-refractivity contribution in [2.75, 3.05) is 6.54 Å². The van der Waals surface area contributed by atoms with Crippen molar-refractivity contribution in [3.05, 3.63) is 52.0 Å². The van der Waals surface area contributed by atoms with Gasteiger partial charge in [0.15, 0.2) is 0 Å². The summed E-state index contributed by atoms with van der Waals surface area (Å²) >= 11 is 1.71. The van der Waals surface area contributed by atoms with Gasteiger partial charge in [0.05, 0.1) is 11.0 Å². The average molecular weight is 553 g/mol. The average Bonchev–Trinajstić information content (AvgIpc) is 3.69. The molecule has 3 heterocycles. The molecule has 0 spiro atoms. The highest BCUT2D eigenvalue weighted by Crippen LogP contribution is 2.29. The Morgan fingerprint density at radius 3 is 2.56 bits per heavy atom. The van der Waals surface area contributed by atoms with E-state index in [1.54, 1.807) is 17.4 Å². The molecule has 210 valence electrons. The Hall–Kier alpha value is -3.20. The molecule has 4 rings (SSSR count). The fourth-order valence-corrected chi connectivity index (χ4v) is 6.27. The van der Waals surface area contributed by atoms with E-state index in [4.69, 9.17) is 4.98 Å². The van der Waals surface area contributed by atoms with Crippen molar-refractivity contribution < 1.29 is 19.5 Å². The zero-order chi connectivity index (χ0) is 28.1. The highest BCUT2D eigenvalue weighted by atomic mass is 32.1. The van der Waals surface area contributed by atoms with Gasteiger partial charge in [-0.05, 0) is 67.7 Å². The minimum absolute atomic E-state index is 0.197. The standard InChI is InChI=1S/C30H40N4O4S/c1-5-19(4)16-24(29(36)33-14-8-11-26(33)30(37)38)32-28(35)20-12-13-25-23(17-20)31-27(18-22-10-9-15-39-22)34(25)21(6-2)7-3/h9-10,12-13,15,17,19,21,24,26H,5-8,11,14,16,18H2,1-4H3,(H,32,35)(H,37,38). The first-order valence-corrected chi connectivity index (χ1v) is 15.0. The van der Waals surface area contributed by atoms with Gasteiger partial charge in [-0.3, -0.25) is 9.59 Å². The summed E-state index contributed by atoms with van der Waals surface area (Å²) in [6, 6.07) is 8.43. The van der Waals surface area contributed by atoms with Crippen LogP contribution in [0.3, 0.4) is 0 Å². The van der Waals surface area contributed by atoms with Gasteiger partial charge in [-0.2, -0.15) is 0 Å². The molecular formula is C30H40N4O4S. The number of aliphatic carboxylic acids is 1. The lowest BCUT2D eigenvalue weighted by Crippen LogP contribution is -2.52. The summed E-state index contributed by atoms with van der Waals surface area (Å²) in [5.74, 6) is -0.473. The van der Waals surface area contributed by atoms with E-state index in [1.165, 1.54) is 9.78 Å². The van der Waals surface area contributed by atoms with E-state index in [1.807, 2.05) is 32.0 Å². The number of nitrogens with zero attached hydrogens (tertiary/aromatic N) is 3. The maximum atomic E-state index is 13.5. The lowest BCUT2D eigenvalue weighted by atomic mass is 9.97. The van der Waals surface area contributed by atoms with Crippen LogP contribution in [-0.4, -0.2) is 56.0 Å². The second-order valence-electron chi connectivity index (χ2n) is 10.6. The molecular weight excluding hydrogens is 512 g/mol. The van der Waals surface area contributed by atoms with Crippen LogP contribution in [0.5, 0.6) is 0 Å². The van der Waals surface area contributed by atoms with Crippen LogP contribution in [0, 0.1) is 5.92 Å². The van der Waals surface area contributed by atoms with Crippen molar-refractivity contribution in [2.24, 2.45) is 5.92 Å². The third-order valence-corrected chi connectivity index (χ3v) is 8.88. The number of nitrogens with one attached hydrogen (secondary N) is 1. The van der Waals surface area contributed by atoms with Crippen LogP contribution in [0.25, 0.3) is 11.0 Å². The molecule has 39 heavy (non-hydrogen) atoms. The summed E-state index contributed by atoms with van der Waals surface area (Å²) in [6.45, 7) is 8.84. The second-order valence-corrected chi connectivity index (χ2v) is 11.7. The summed E-state index contributed by atoms with van der Waals surface area (Å²) < 4.78 is 2.31. The predicted octanol–water partition coefficient (Wildman–Crippen LogP) is 5.66. The molecule has 0 radical (unpaired) electrons. The van der Waals surface area contributed by atoms with Crippen LogP contribution >= 0.6 is 11.3 Å². The second kappa shape index (κ2) is 12.8. The van der Waals surface area contributed by atoms with Gasteiger partial charge in [0.1, 0.15) is 17.9 Å². The van der Waals surface area contributed by atoms with Crippen LogP contribution < -0.4 is 5.32 Å². The summed E-state index contributed by atoms with van der Waals surface area (Å²) in [4.78, 5) is 46.3. The lowest BCUT2D eigenvalue weighted by molar-refractivity contribution is -0.149. The smallest absolute Gasteiger partial charge is 0.326 e. The van der Waals surface area contributed by atoms with Gasteiger partial charge in [-0.1, -0.05) is 40.2 Å². The Morgan fingerprint density at radius 2 is 1.92 bits per heavy atom. The highest BCUT2D eigenvalue weighted by molar-refractivity contribution is 7.09. The summed E-state index contributed by atoms with van der Waals surface area (Å²) in [5.41, 5.74) is 2.20. The van der Waals surface area contributed by atoms with Crippen molar-refractivity contribution in [2.45, 2.75) is 90.8 Å². The molecule has 9 heteroatoms. The lowest BCUT2D eigenvalue weighted by Gasteiger charge is -2.28. The minimum atomic E-state index is -0.994. The minimum Gasteiger partial charge on any atom is -0.480 e. The monoisotopic (exact) mass is 552 g/mol. The van der Waals surface area contributed by atoms with Crippen LogP contribution in [0.15, 0.2) is 35.7 Å². The number of amides is 2. The van der Waals surface area contributed by atoms with E-state index < -0.39 is 18.1 Å². The third-order valence-electron chi connectivity index (χ3n) is 8.00. The van der Waals surface area contributed by atoms with Gasteiger partial charge in [0.2, 0.25) is 5.91 Å². The Balaban J connectivity index is 1.62. The molecule has 2 N–H and O–H groups in total. The molecule has 3 aromatic rings. The maximum Gasteiger partial charge on any atom is 0.326 e. The first-order valence-electron chi connectivity index (χ1n) is 14.1. The van der Waals surface area contributed by atoms with E-state index in [-0.39, 0.29) is 17.7 Å². The van der Waals surface area contributed by atoms with Crippen LogP contribution in [0.1, 0.15) is 93.3 Å². The number of imidazole rings is 1. The maximum absolute atomic E-state index is 13.5. The first kappa shape index (κ1) is 28.8. The molecule has 2 aromatic heterocycles. The Morgan fingerprint density at radius 1 is 1.15 bits per heavy atom. The molecule has 1 saturated heterocycles. The molecule has 3 unspecified atom stereocenters. The Kier molecular flexibility index (Phi) is 9.43. The van der Waals surface area contributed by atoms with Crippen LogP contribution in [-0.2, 0) is 16.0 Å². The third kappa shape index (κ3) is 6.35. The number of hydrogen-bond acceptors (Lipinski definition) is 5. The molecule has 3 atom stereocenters. The van der Waals surface area contributed by atoms with E-state index >= 15 is 0 Å². The molecule has 1 aliphatic rings. The van der Waals surface area contributed by atoms with Crippen LogP contribution in [0.4, 0.5) is 0 Å². The molecule has 2 amide bonds.